The largest absolute Gasteiger partial charge is 1.00 e. The minimum atomic E-state index is -0.250. The predicted octanol–water partition coefficient (Wildman–Crippen LogP) is -3.57. The second-order valence-corrected chi connectivity index (χ2v) is 1.03. The van der Waals surface area contributed by atoms with E-state index in [2.05, 4.69) is 5.32 Å². The van der Waals surface area contributed by atoms with Gasteiger partial charge >= 0.3 is 29.6 Å². The molecular weight excluding hydrogens is 133 g/mol. The van der Waals surface area contributed by atoms with Crippen LogP contribution in [0.2, 0.25) is 0 Å². The van der Waals surface area contributed by atoms with Crippen LogP contribution in [0.4, 0.5) is 0 Å². The zero-order valence-electron chi connectivity index (χ0n) is 5.33. The fourth-order valence-electron chi connectivity index (χ4n) is 0.295. The SMILES string of the molecule is O=CO.[CH-]1COCN1.[Na+]. The Morgan fingerprint density at radius 3 is 2.44 bits per heavy atom. The van der Waals surface area contributed by atoms with E-state index in [-0.39, 0.29) is 36.0 Å². The van der Waals surface area contributed by atoms with Crippen LogP contribution in [0.1, 0.15) is 0 Å². The number of hydrogen-bond donors (Lipinski definition) is 2. The first-order valence-electron chi connectivity index (χ1n) is 2.12. The first-order chi connectivity index (χ1) is 3.91. The van der Waals surface area contributed by atoms with Crippen molar-refractivity contribution in [1.82, 2.24) is 5.32 Å². The monoisotopic (exact) mass is 141 g/mol. The van der Waals surface area contributed by atoms with Crippen molar-refractivity contribution in [2.24, 2.45) is 0 Å². The summed E-state index contributed by atoms with van der Waals surface area (Å²) in [6.07, 6.45) is 0. The summed E-state index contributed by atoms with van der Waals surface area (Å²) in [4.78, 5) is 8.36. The minimum absolute atomic E-state index is 0. The van der Waals surface area contributed by atoms with E-state index in [0.29, 0.717) is 6.73 Å². The zero-order valence-corrected chi connectivity index (χ0v) is 7.33. The van der Waals surface area contributed by atoms with Crippen LogP contribution in [0.5, 0.6) is 0 Å². The molecule has 0 atom stereocenters. The summed E-state index contributed by atoms with van der Waals surface area (Å²) in [6.45, 7) is 3.10. The summed E-state index contributed by atoms with van der Waals surface area (Å²) in [6, 6.07) is 0. The number of carboxylic acid groups (broad SMARTS) is 1. The molecule has 48 valence electrons. The summed E-state index contributed by atoms with van der Waals surface area (Å²) in [5.74, 6) is 0. The van der Waals surface area contributed by atoms with Gasteiger partial charge in [-0.1, -0.05) is 6.61 Å². The van der Waals surface area contributed by atoms with Gasteiger partial charge in [0.25, 0.3) is 6.47 Å². The quantitative estimate of drug-likeness (QED) is 0.208. The molecule has 0 spiro atoms. The standard InChI is InChI=1S/C3H6NO.CH2O2.Na/c1-2-5-3-4-1;2-1-3;/h1,4H,2-3H2;1H,(H,2,3);/q-1;;+1. The maximum absolute atomic E-state index is 8.36. The van der Waals surface area contributed by atoms with Gasteiger partial charge in [-0.3, -0.25) is 4.79 Å². The van der Waals surface area contributed by atoms with Crippen LogP contribution >= 0.6 is 0 Å². The fourth-order valence-corrected chi connectivity index (χ4v) is 0.295. The Morgan fingerprint density at radius 1 is 1.78 bits per heavy atom. The van der Waals surface area contributed by atoms with Gasteiger partial charge in [0.05, 0.1) is 6.73 Å². The third-order valence-corrected chi connectivity index (χ3v) is 0.531. The molecule has 4 nitrogen and oxygen atoms in total. The van der Waals surface area contributed by atoms with E-state index in [1.165, 1.54) is 0 Å². The molecule has 0 aromatic heterocycles. The summed E-state index contributed by atoms with van der Waals surface area (Å²) < 4.78 is 4.78. The van der Waals surface area contributed by atoms with Crippen molar-refractivity contribution < 1.29 is 44.2 Å². The van der Waals surface area contributed by atoms with Crippen LogP contribution in [0.25, 0.3) is 0 Å². The van der Waals surface area contributed by atoms with Gasteiger partial charge in [0.1, 0.15) is 0 Å². The van der Waals surface area contributed by atoms with Gasteiger partial charge in [-0.2, -0.15) is 0 Å². The Kier molecular flexibility index (Phi) is 15.1. The molecule has 0 radical (unpaired) electrons. The van der Waals surface area contributed by atoms with Crippen LogP contribution in [0.3, 0.4) is 0 Å². The molecule has 0 aromatic carbocycles. The Hall–Kier alpha value is 0.390. The van der Waals surface area contributed by atoms with Gasteiger partial charge < -0.3 is 15.2 Å². The molecule has 5 heteroatoms. The molecule has 0 aromatic rings. The molecular formula is C4H8NNaO3. The smallest absolute Gasteiger partial charge is 0.483 e. The Bertz CT molecular complexity index is 50.2. The number of ether oxygens (including phenoxy) is 1. The second kappa shape index (κ2) is 11.2. The van der Waals surface area contributed by atoms with Gasteiger partial charge in [-0.25, -0.2) is 6.54 Å². The molecule has 0 unspecified atom stereocenters. The van der Waals surface area contributed by atoms with E-state index in [0.717, 1.165) is 6.61 Å². The van der Waals surface area contributed by atoms with E-state index >= 15 is 0 Å². The van der Waals surface area contributed by atoms with Gasteiger partial charge in [-0.15, -0.1) is 0 Å². The maximum atomic E-state index is 8.36. The zero-order chi connectivity index (χ0) is 6.24. The third-order valence-electron chi connectivity index (χ3n) is 0.531. The molecule has 1 aliphatic heterocycles. The van der Waals surface area contributed by atoms with Crippen LogP contribution in [0.15, 0.2) is 0 Å². The minimum Gasteiger partial charge on any atom is -0.483 e. The average molecular weight is 141 g/mol. The van der Waals surface area contributed by atoms with E-state index in [1.54, 1.807) is 0 Å². The van der Waals surface area contributed by atoms with Crippen LogP contribution in [0, 0.1) is 6.54 Å². The summed E-state index contributed by atoms with van der Waals surface area (Å²) in [5.41, 5.74) is 0. The first kappa shape index (κ1) is 12.1. The van der Waals surface area contributed by atoms with Crippen molar-refractivity contribution in [3.05, 3.63) is 6.54 Å². The molecule has 1 rings (SSSR count). The van der Waals surface area contributed by atoms with Crippen molar-refractivity contribution in [2.45, 2.75) is 0 Å². The number of nitrogens with one attached hydrogen (secondary N) is 1. The van der Waals surface area contributed by atoms with Crippen molar-refractivity contribution >= 4 is 6.47 Å². The molecule has 9 heavy (non-hydrogen) atoms. The van der Waals surface area contributed by atoms with E-state index in [1.807, 2.05) is 6.54 Å². The number of hydrogen-bond acceptors (Lipinski definition) is 3. The van der Waals surface area contributed by atoms with Crippen LogP contribution in [-0.4, -0.2) is 24.9 Å². The predicted molar refractivity (Wildman–Crippen MR) is 26.9 cm³/mol. The normalized spacial score (nSPS) is 14.7. The molecule has 0 amide bonds. The molecule has 1 heterocycles. The van der Waals surface area contributed by atoms with Crippen molar-refractivity contribution in [1.29, 1.82) is 0 Å². The molecule has 0 aliphatic carbocycles. The van der Waals surface area contributed by atoms with Gasteiger partial charge in [0.2, 0.25) is 0 Å². The third kappa shape index (κ3) is 11.8. The molecule has 0 saturated carbocycles. The average Bonchev–Trinajstić information content (AvgIpc) is 2.17. The molecule has 2 N–H and O–H groups in total. The van der Waals surface area contributed by atoms with Crippen molar-refractivity contribution in [2.75, 3.05) is 13.3 Å². The first-order valence-corrected chi connectivity index (χ1v) is 2.12. The number of carbonyl (C=O) groups is 1. The van der Waals surface area contributed by atoms with Gasteiger partial charge in [0, 0.05) is 0 Å². The van der Waals surface area contributed by atoms with Gasteiger partial charge in [-0.05, 0) is 0 Å². The Labute approximate surface area is 75.9 Å². The van der Waals surface area contributed by atoms with E-state index in [4.69, 9.17) is 14.6 Å². The second-order valence-electron chi connectivity index (χ2n) is 1.03. The summed E-state index contributed by atoms with van der Waals surface area (Å²) >= 11 is 0. The maximum Gasteiger partial charge on any atom is 1.00 e. The molecule has 1 fully saturated rings. The van der Waals surface area contributed by atoms with Gasteiger partial charge in [0.15, 0.2) is 0 Å². The van der Waals surface area contributed by atoms with Crippen molar-refractivity contribution in [3.8, 4) is 0 Å². The van der Waals surface area contributed by atoms with E-state index < -0.39 is 0 Å². The fraction of sp³-hybridized carbons (Fsp3) is 0.500. The molecule has 1 aliphatic rings. The van der Waals surface area contributed by atoms with Crippen LogP contribution in [-0.2, 0) is 9.53 Å². The topological polar surface area (TPSA) is 58.6 Å². The molecule has 0 bridgehead atoms. The van der Waals surface area contributed by atoms with Crippen molar-refractivity contribution in [3.63, 3.8) is 0 Å². The summed E-state index contributed by atoms with van der Waals surface area (Å²) in [7, 11) is 0. The Morgan fingerprint density at radius 2 is 2.33 bits per heavy atom. The number of rotatable bonds is 0. The van der Waals surface area contributed by atoms with E-state index in [9.17, 15) is 0 Å². The molecule has 1 saturated heterocycles. The Balaban J connectivity index is 0. The van der Waals surface area contributed by atoms with Crippen LogP contribution < -0.4 is 34.9 Å². The summed E-state index contributed by atoms with van der Waals surface area (Å²) in [5, 5.41) is 9.76.